The van der Waals surface area contributed by atoms with Crippen LogP contribution in [0.4, 0.5) is 5.69 Å². The van der Waals surface area contributed by atoms with Crippen molar-refractivity contribution in [3.8, 4) is 5.75 Å². The van der Waals surface area contributed by atoms with Crippen LogP contribution < -0.4 is 14.4 Å². The number of halogens is 1. The first kappa shape index (κ1) is 21.0. The maximum atomic E-state index is 13.3. The molecule has 6 nitrogen and oxygen atoms in total. The van der Waals surface area contributed by atoms with Crippen molar-refractivity contribution >= 4 is 33.2 Å². The van der Waals surface area contributed by atoms with Crippen molar-refractivity contribution in [2.24, 2.45) is 5.92 Å². The zero-order valence-corrected chi connectivity index (χ0v) is 18.2. The molecule has 4 rings (SSSR count). The first-order valence-electron chi connectivity index (χ1n) is 10.3. The van der Waals surface area contributed by atoms with E-state index in [1.807, 2.05) is 0 Å². The first-order valence-corrected chi connectivity index (χ1v) is 12.1. The normalized spacial score (nSPS) is 19.6. The van der Waals surface area contributed by atoms with Crippen LogP contribution in [0.3, 0.4) is 0 Å². The standard InChI is InChI=1S/C22H25ClN2O4S/c23-17-11-12-20-19(13-17)25(30(27,28)18-9-5-2-6-10-18)15-21(29-20)22(26)24-14-16-7-3-1-4-8-16/h2,5-6,9-13,16,21H,1,3-4,7-8,14-15H2,(H,24,26)/t21-/m0/s1. The largest absolute Gasteiger partial charge is 0.476 e. The Morgan fingerprint density at radius 3 is 2.57 bits per heavy atom. The number of carbonyl (C=O) groups excluding carboxylic acids is 1. The average Bonchev–Trinajstić information content (AvgIpc) is 2.78. The predicted octanol–water partition coefficient (Wildman–Crippen LogP) is 3.99. The highest BCUT2D eigenvalue weighted by molar-refractivity contribution is 7.92. The van der Waals surface area contributed by atoms with Gasteiger partial charge in [-0.1, -0.05) is 49.1 Å². The monoisotopic (exact) mass is 448 g/mol. The first-order chi connectivity index (χ1) is 14.4. The maximum absolute atomic E-state index is 13.3. The fourth-order valence-electron chi connectivity index (χ4n) is 4.06. The van der Waals surface area contributed by atoms with Crippen LogP contribution in [0.2, 0.25) is 5.02 Å². The fourth-order valence-corrected chi connectivity index (χ4v) is 5.71. The second kappa shape index (κ2) is 8.86. The van der Waals surface area contributed by atoms with Gasteiger partial charge in [-0.25, -0.2) is 8.42 Å². The summed E-state index contributed by atoms with van der Waals surface area (Å²) in [5, 5.41) is 3.36. The summed E-state index contributed by atoms with van der Waals surface area (Å²) in [7, 11) is -3.88. The molecule has 160 valence electrons. The van der Waals surface area contributed by atoms with Crippen LogP contribution in [-0.4, -0.2) is 33.5 Å². The lowest BCUT2D eigenvalue weighted by Gasteiger charge is -2.35. The number of fused-ring (bicyclic) bond motifs is 1. The van der Waals surface area contributed by atoms with Crippen LogP contribution in [-0.2, 0) is 14.8 Å². The number of hydrogen-bond donors (Lipinski definition) is 1. The molecule has 0 bridgehead atoms. The number of amides is 1. The van der Waals surface area contributed by atoms with Crippen LogP contribution in [0.25, 0.3) is 0 Å². The molecule has 1 amide bonds. The van der Waals surface area contributed by atoms with Gasteiger partial charge in [0.2, 0.25) is 0 Å². The number of nitrogens with one attached hydrogen (secondary N) is 1. The summed E-state index contributed by atoms with van der Waals surface area (Å²) in [4.78, 5) is 13.0. The second-order valence-corrected chi connectivity index (χ2v) is 10.1. The van der Waals surface area contributed by atoms with Crippen LogP contribution in [0.5, 0.6) is 5.75 Å². The molecular formula is C22H25ClN2O4S. The van der Waals surface area contributed by atoms with Crippen molar-refractivity contribution in [2.45, 2.75) is 43.1 Å². The number of hydrogen-bond acceptors (Lipinski definition) is 4. The number of ether oxygens (including phenoxy) is 1. The summed E-state index contributed by atoms with van der Waals surface area (Å²) in [6.45, 7) is 0.485. The van der Waals surface area contributed by atoms with E-state index >= 15 is 0 Å². The third-order valence-corrected chi connectivity index (χ3v) is 7.73. The molecule has 2 aliphatic rings. The molecule has 1 saturated carbocycles. The summed E-state index contributed by atoms with van der Waals surface area (Å²) in [5.41, 5.74) is 0.336. The molecule has 2 aromatic rings. The average molecular weight is 449 g/mol. The minimum Gasteiger partial charge on any atom is -0.476 e. The molecule has 0 unspecified atom stereocenters. The molecule has 0 spiro atoms. The summed E-state index contributed by atoms with van der Waals surface area (Å²) in [6.07, 6.45) is 4.93. The van der Waals surface area contributed by atoms with Gasteiger partial charge in [0.15, 0.2) is 6.10 Å². The topological polar surface area (TPSA) is 75.7 Å². The van der Waals surface area contributed by atoms with Gasteiger partial charge < -0.3 is 10.1 Å². The van der Waals surface area contributed by atoms with Crippen molar-refractivity contribution in [3.05, 3.63) is 53.6 Å². The van der Waals surface area contributed by atoms with Gasteiger partial charge in [0.25, 0.3) is 15.9 Å². The maximum Gasteiger partial charge on any atom is 0.264 e. The van der Waals surface area contributed by atoms with E-state index in [1.54, 1.807) is 36.4 Å². The summed E-state index contributed by atoms with van der Waals surface area (Å²) >= 11 is 6.12. The van der Waals surface area contributed by atoms with Crippen molar-refractivity contribution in [3.63, 3.8) is 0 Å². The van der Waals surface area contributed by atoms with E-state index in [2.05, 4.69) is 5.32 Å². The quantitative estimate of drug-likeness (QED) is 0.750. The van der Waals surface area contributed by atoms with Crippen molar-refractivity contribution in [1.82, 2.24) is 5.32 Å². The number of rotatable bonds is 5. The lowest BCUT2D eigenvalue weighted by molar-refractivity contribution is -0.128. The molecule has 0 saturated heterocycles. The highest BCUT2D eigenvalue weighted by Gasteiger charge is 2.37. The van der Waals surface area contributed by atoms with Gasteiger partial charge in [-0.2, -0.15) is 0 Å². The molecule has 0 aromatic heterocycles. The SMILES string of the molecule is O=C(NCC1CCCCC1)[C@@H]1CN(S(=O)(=O)c2ccccc2)c2cc(Cl)ccc2O1. The number of carbonyl (C=O) groups is 1. The summed E-state index contributed by atoms with van der Waals surface area (Å²) in [5.74, 6) is 0.499. The summed E-state index contributed by atoms with van der Waals surface area (Å²) in [6, 6.07) is 12.9. The van der Waals surface area contributed by atoms with Gasteiger partial charge in [-0.05, 0) is 49.1 Å². The van der Waals surface area contributed by atoms with E-state index in [0.717, 1.165) is 12.8 Å². The smallest absolute Gasteiger partial charge is 0.264 e. The molecule has 0 radical (unpaired) electrons. The number of benzene rings is 2. The number of sulfonamides is 1. The molecule has 1 aliphatic heterocycles. The molecule has 2 aromatic carbocycles. The Morgan fingerprint density at radius 1 is 1.10 bits per heavy atom. The second-order valence-electron chi connectivity index (χ2n) is 7.82. The molecule has 30 heavy (non-hydrogen) atoms. The summed E-state index contributed by atoms with van der Waals surface area (Å²) < 4.78 is 33.8. The van der Waals surface area contributed by atoms with Gasteiger partial charge in [0, 0.05) is 11.6 Å². The lowest BCUT2D eigenvalue weighted by atomic mass is 9.89. The van der Waals surface area contributed by atoms with E-state index in [9.17, 15) is 13.2 Å². The Kier molecular flexibility index (Phi) is 6.20. The Morgan fingerprint density at radius 2 is 1.83 bits per heavy atom. The fraction of sp³-hybridized carbons (Fsp3) is 0.409. The minimum absolute atomic E-state index is 0.110. The predicted molar refractivity (Wildman–Crippen MR) is 116 cm³/mol. The Bertz CT molecular complexity index is 1010. The number of anilines is 1. The van der Waals surface area contributed by atoms with E-state index < -0.39 is 16.1 Å². The molecule has 1 aliphatic carbocycles. The van der Waals surface area contributed by atoms with Gasteiger partial charge in [0.1, 0.15) is 5.75 Å². The van der Waals surface area contributed by atoms with E-state index in [0.29, 0.717) is 28.9 Å². The highest BCUT2D eigenvalue weighted by Crippen LogP contribution is 2.38. The van der Waals surface area contributed by atoms with Crippen LogP contribution in [0.15, 0.2) is 53.4 Å². The molecule has 1 heterocycles. The van der Waals surface area contributed by atoms with Gasteiger partial charge in [-0.15, -0.1) is 0 Å². The van der Waals surface area contributed by atoms with Crippen LogP contribution >= 0.6 is 11.6 Å². The molecule has 8 heteroatoms. The third-order valence-electron chi connectivity index (χ3n) is 5.70. The third kappa shape index (κ3) is 4.42. The van der Waals surface area contributed by atoms with Gasteiger partial charge >= 0.3 is 0 Å². The van der Waals surface area contributed by atoms with Gasteiger partial charge in [-0.3, -0.25) is 9.10 Å². The zero-order chi connectivity index (χ0) is 21.1. The molecule has 1 atom stereocenters. The molecule has 1 fully saturated rings. The number of nitrogens with zero attached hydrogens (tertiary/aromatic N) is 1. The van der Waals surface area contributed by atoms with Crippen molar-refractivity contribution in [1.29, 1.82) is 0 Å². The zero-order valence-electron chi connectivity index (χ0n) is 16.6. The minimum atomic E-state index is -3.88. The highest BCUT2D eigenvalue weighted by atomic mass is 35.5. The van der Waals surface area contributed by atoms with E-state index in [4.69, 9.17) is 16.3 Å². The lowest BCUT2D eigenvalue weighted by Crippen LogP contribution is -2.51. The van der Waals surface area contributed by atoms with E-state index in [-0.39, 0.29) is 17.3 Å². The molecule has 1 N–H and O–H groups in total. The Hall–Kier alpha value is -2.25. The molecular weight excluding hydrogens is 424 g/mol. The van der Waals surface area contributed by atoms with Crippen molar-refractivity contribution in [2.75, 3.05) is 17.4 Å². The van der Waals surface area contributed by atoms with Crippen molar-refractivity contribution < 1.29 is 17.9 Å². The van der Waals surface area contributed by atoms with Crippen LogP contribution in [0, 0.1) is 5.92 Å². The van der Waals surface area contributed by atoms with Crippen LogP contribution in [0.1, 0.15) is 32.1 Å². The Balaban J connectivity index is 1.58. The van der Waals surface area contributed by atoms with Gasteiger partial charge in [0.05, 0.1) is 17.1 Å². The van der Waals surface area contributed by atoms with E-state index in [1.165, 1.54) is 35.7 Å². The Labute approximate surface area is 182 Å².